The molecule has 0 fully saturated rings. The second-order valence-electron chi connectivity index (χ2n) is 6.07. The lowest BCUT2D eigenvalue weighted by Crippen LogP contribution is -2.41. The summed E-state index contributed by atoms with van der Waals surface area (Å²) in [7, 11) is 0. The van der Waals surface area contributed by atoms with Crippen molar-refractivity contribution in [3.8, 4) is 16.9 Å². The average Bonchev–Trinajstić information content (AvgIpc) is 2.60. The maximum absolute atomic E-state index is 11.2. The van der Waals surface area contributed by atoms with Crippen LogP contribution in [0.1, 0.15) is 25.3 Å². The molecule has 0 aliphatic rings. The summed E-state index contributed by atoms with van der Waals surface area (Å²) in [6, 6.07) is 15.2. The van der Waals surface area contributed by atoms with Crippen LogP contribution in [0.15, 0.2) is 48.5 Å². The fraction of sp³-hybridized carbons (Fsp3) is 0.300. The van der Waals surface area contributed by atoms with Crippen LogP contribution >= 0.6 is 0 Å². The molecule has 0 aromatic heterocycles. The fourth-order valence-electron chi connectivity index (χ4n) is 2.67. The molecule has 0 radical (unpaired) electrons. The lowest BCUT2D eigenvalue weighted by atomic mass is 9.91. The Hall–Kier alpha value is -2.86. The molecule has 0 aliphatic carbocycles. The maximum Gasteiger partial charge on any atom is 0.336 e. The molecule has 26 heavy (non-hydrogen) atoms. The minimum Gasteiger partial charge on any atom is -0.494 e. The first kappa shape index (κ1) is 19.5. The zero-order valence-corrected chi connectivity index (χ0v) is 14.5. The van der Waals surface area contributed by atoms with Crippen molar-refractivity contribution < 1.29 is 29.6 Å². The number of benzene rings is 2. The third-order valence-electron chi connectivity index (χ3n) is 4.10. The quantitative estimate of drug-likeness (QED) is 0.637. The summed E-state index contributed by atoms with van der Waals surface area (Å²) >= 11 is 0. The minimum atomic E-state index is -2.27. The molecule has 1 unspecified atom stereocenters. The van der Waals surface area contributed by atoms with Crippen LogP contribution in [0, 0.1) is 0 Å². The SMILES string of the molecule is CCOc1cccc(-c2ccc(CCC(O)(CC(=O)O)C(=O)O)cc2)c1. The minimum absolute atomic E-state index is 0.173. The highest BCUT2D eigenvalue weighted by Gasteiger charge is 2.38. The predicted octanol–water partition coefficient (Wildman–Crippen LogP) is 2.98. The van der Waals surface area contributed by atoms with E-state index in [0.29, 0.717) is 6.61 Å². The molecule has 1 atom stereocenters. The monoisotopic (exact) mass is 358 g/mol. The molecule has 2 rings (SSSR count). The lowest BCUT2D eigenvalue weighted by Gasteiger charge is -2.21. The van der Waals surface area contributed by atoms with E-state index >= 15 is 0 Å². The van der Waals surface area contributed by atoms with Gasteiger partial charge in [0.1, 0.15) is 5.75 Å². The van der Waals surface area contributed by atoms with Crippen LogP contribution in [-0.4, -0.2) is 39.5 Å². The molecule has 0 aliphatic heterocycles. The van der Waals surface area contributed by atoms with Gasteiger partial charge >= 0.3 is 11.9 Å². The van der Waals surface area contributed by atoms with Crippen molar-refractivity contribution in [3.05, 3.63) is 54.1 Å². The van der Waals surface area contributed by atoms with Gasteiger partial charge in [-0.3, -0.25) is 4.79 Å². The highest BCUT2D eigenvalue weighted by atomic mass is 16.5. The Morgan fingerprint density at radius 3 is 2.31 bits per heavy atom. The van der Waals surface area contributed by atoms with Crippen LogP contribution in [0.25, 0.3) is 11.1 Å². The van der Waals surface area contributed by atoms with Gasteiger partial charge in [0.05, 0.1) is 13.0 Å². The predicted molar refractivity (Wildman–Crippen MR) is 96.2 cm³/mol. The highest BCUT2D eigenvalue weighted by Crippen LogP contribution is 2.25. The summed E-state index contributed by atoms with van der Waals surface area (Å²) in [4.78, 5) is 21.9. The standard InChI is InChI=1S/C20H22O6/c1-2-26-17-5-3-4-16(12-17)15-8-6-14(7-9-15)10-11-20(25,19(23)24)13-18(21)22/h3-9,12,25H,2,10-11,13H2,1H3,(H,21,22)(H,23,24). The van der Waals surface area contributed by atoms with Crippen LogP contribution in [-0.2, 0) is 16.0 Å². The lowest BCUT2D eigenvalue weighted by molar-refractivity contribution is -0.166. The molecule has 138 valence electrons. The van der Waals surface area contributed by atoms with E-state index in [1.807, 2.05) is 55.5 Å². The number of aliphatic carboxylic acids is 2. The molecule has 2 aromatic rings. The Morgan fingerprint density at radius 2 is 1.73 bits per heavy atom. The van der Waals surface area contributed by atoms with Crippen LogP contribution in [0.4, 0.5) is 0 Å². The Labute approximate surface area is 151 Å². The number of carboxylic acid groups (broad SMARTS) is 2. The van der Waals surface area contributed by atoms with Crippen LogP contribution in [0.5, 0.6) is 5.75 Å². The van der Waals surface area contributed by atoms with Gasteiger partial charge < -0.3 is 20.1 Å². The number of hydrogen-bond acceptors (Lipinski definition) is 4. The van der Waals surface area contributed by atoms with E-state index in [1.54, 1.807) is 0 Å². The second kappa shape index (κ2) is 8.49. The summed E-state index contributed by atoms with van der Waals surface area (Å²) in [6.45, 7) is 2.51. The van der Waals surface area contributed by atoms with E-state index in [0.717, 1.165) is 22.4 Å². The number of hydrogen-bond donors (Lipinski definition) is 3. The van der Waals surface area contributed by atoms with Gasteiger partial charge in [0.2, 0.25) is 0 Å². The number of aryl methyl sites for hydroxylation is 1. The average molecular weight is 358 g/mol. The van der Waals surface area contributed by atoms with Gasteiger partial charge in [0, 0.05) is 0 Å². The van der Waals surface area contributed by atoms with Crippen LogP contribution in [0.2, 0.25) is 0 Å². The molecule has 0 saturated heterocycles. The van der Waals surface area contributed by atoms with Crippen molar-refractivity contribution >= 4 is 11.9 Å². The first-order chi connectivity index (χ1) is 12.3. The van der Waals surface area contributed by atoms with E-state index in [-0.39, 0.29) is 12.8 Å². The van der Waals surface area contributed by atoms with Crippen molar-refractivity contribution in [2.24, 2.45) is 0 Å². The highest BCUT2D eigenvalue weighted by molar-refractivity contribution is 5.83. The van der Waals surface area contributed by atoms with Gasteiger partial charge in [-0.25, -0.2) is 4.79 Å². The van der Waals surface area contributed by atoms with Crippen molar-refractivity contribution in [1.29, 1.82) is 0 Å². The zero-order chi connectivity index (χ0) is 19.2. The molecule has 0 spiro atoms. The van der Waals surface area contributed by atoms with E-state index in [9.17, 15) is 14.7 Å². The van der Waals surface area contributed by atoms with Gasteiger partial charge in [-0.1, -0.05) is 36.4 Å². The molecule has 2 aromatic carbocycles. The fourth-order valence-corrected chi connectivity index (χ4v) is 2.67. The van der Waals surface area contributed by atoms with Crippen molar-refractivity contribution in [3.63, 3.8) is 0 Å². The van der Waals surface area contributed by atoms with Gasteiger partial charge in [0.25, 0.3) is 0 Å². The Balaban J connectivity index is 2.08. The maximum atomic E-state index is 11.2. The number of aliphatic hydroxyl groups is 1. The van der Waals surface area contributed by atoms with Crippen molar-refractivity contribution in [2.75, 3.05) is 6.61 Å². The molecule has 6 nitrogen and oxygen atoms in total. The smallest absolute Gasteiger partial charge is 0.336 e. The van der Waals surface area contributed by atoms with E-state index < -0.39 is 24.0 Å². The summed E-state index contributed by atoms with van der Waals surface area (Å²) in [6.07, 6.45) is -0.742. The normalized spacial score (nSPS) is 13.0. The molecular formula is C20H22O6. The molecular weight excluding hydrogens is 336 g/mol. The third-order valence-corrected chi connectivity index (χ3v) is 4.10. The zero-order valence-electron chi connectivity index (χ0n) is 14.5. The molecule has 0 amide bonds. The van der Waals surface area contributed by atoms with Crippen LogP contribution in [0.3, 0.4) is 0 Å². The van der Waals surface area contributed by atoms with E-state index in [1.165, 1.54) is 0 Å². The topological polar surface area (TPSA) is 104 Å². The number of carbonyl (C=O) groups is 2. The van der Waals surface area contributed by atoms with Gasteiger partial charge in [0.15, 0.2) is 5.60 Å². The third kappa shape index (κ3) is 5.07. The molecule has 0 saturated carbocycles. The molecule has 0 bridgehead atoms. The van der Waals surface area contributed by atoms with Gasteiger partial charge in [-0.05, 0) is 48.6 Å². The number of ether oxygens (including phenoxy) is 1. The molecule has 0 heterocycles. The number of carboxylic acids is 2. The number of rotatable bonds is 9. The first-order valence-corrected chi connectivity index (χ1v) is 8.34. The largest absolute Gasteiger partial charge is 0.494 e. The summed E-state index contributed by atoms with van der Waals surface area (Å²) in [5.74, 6) is -2.09. The molecule has 6 heteroatoms. The van der Waals surface area contributed by atoms with Crippen molar-refractivity contribution in [2.45, 2.75) is 31.8 Å². The summed E-state index contributed by atoms with van der Waals surface area (Å²) < 4.78 is 5.49. The van der Waals surface area contributed by atoms with Crippen LogP contribution < -0.4 is 4.74 Å². The summed E-state index contributed by atoms with van der Waals surface area (Å²) in [5, 5.41) is 27.9. The summed E-state index contributed by atoms with van der Waals surface area (Å²) in [5.41, 5.74) is 0.528. The molecule has 3 N–H and O–H groups in total. The Morgan fingerprint density at radius 1 is 1.04 bits per heavy atom. The Kier molecular flexibility index (Phi) is 6.36. The van der Waals surface area contributed by atoms with Gasteiger partial charge in [-0.15, -0.1) is 0 Å². The van der Waals surface area contributed by atoms with Gasteiger partial charge in [-0.2, -0.15) is 0 Å². The second-order valence-corrected chi connectivity index (χ2v) is 6.07. The van der Waals surface area contributed by atoms with E-state index in [2.05, 4.69) is 0 Å². The Bertz CT molecular complexity index is 768. The van der Waals surface area contributed by atoms with E-state index in [4.69, 9.17) is 14.9 Å². The first-order valence-electron chi connectivity index (χ1n) is 8.34. The van der Waals surface area contributed by atoms with Crippen molar-refractivity contribution in [1.82, 2.24) is 0 Å².